The van der Waals surface area contributed by atoms with Crippen LogP contribution in [0.5, 0.6) is 5.75 Å². The molecule has 1 aliphatic rings. The van der Waals surface area contributed by atoms with E-state index in [1.165, 1.54) is 49.8 Å². The van der Waals surface area contributed by atoms with Crippen LogP contribution in [-0.2, 0) is 5.72 Å². The summed E-state index contributed by atoms with van der Waals surface area (Å²) in [5.41, 5.74) is -3.50. The van der Waals surface area contributed by atoms with Crippen LogP contribution in [0.15, 0.2) is 53.9 Å². The Labute approximate surface area is 146 Å². The van der Waals surface area contributed by atoms with Gasteiger partial charge in [-0.2, -0.15) is 23.3 Å². The Morgan fingerprint density at radius 1 is 1.31 bits per heavy atom. The molecule has 1 aliphatic heterocycles. The van der Waals surface area contributed by atoms with Gasteiger partial charge in [-0.1, -0.05) is 12.1 Å². The molecular weight excluding hydrogens is 351 g/mol. The number of rotatable bonds is 3. The van der Waals surface area contributed by atoms with Gasteiger partial charge < -0.3 is 9.84 Å². The second-order valence-electron chi connectivity index (χ2n) is 5.63. The lowest BCUT2D eigenvalue weighted by Gasteiger charge is -2.31. The molecule has 26 heavy (non-hydrogen) atoms. The van der Waals surface area contributed by atoms with Crippen LogP contribution in [-0.4, -0.2) is 40.0 Å². The lowest BCUT2D eigenvalue weighted by molar-refractivity contribution is -0.0816. The summed E-state index contributed by atoms with van der Waals surface area (Å²) in [5, 5.41) is 14.8. The second kappa shape index (κ2) is 6.41. The molecule has 2 aromatic rings. The van der Waals surface area contributed by atoms with E-state index in [9.17, 15) is 23.1 Å². The number of hydrogen-bond acceptors (Lipinski definition) is 5. The SMILES string of the molecule is COc1cccc([C@@]2(O)CC(C(F)(F)F)=NN2C(=O)c2cccnc2)c1. The third-order valence-electron chi connectivity index (χ3n) is 3.95. The van der Waals surface area contributed by atoms with E-state index < -0.39 is 29.9 Å². The van der Waals surface area contributed by atoms with E-state index in [0.717, 1.165) is 0 Å². The molecule has 1 N–H and O–H groups in total. The summed E-state index contributed by atoms with van der Waals surface area (Å²) in [7, 11) is 1.38. The number of ether oxygens (including phenoxy) is 1. The van der Waals surface area contributed by atoms with Crippen molar-refractivity contribution < 1.29 is 27.8 Å². The molecule has 1 aromatic heterocycles. The van der Waals surface area contributed by atoms with Gasteiger partial charge in [0.2, 0.25) is 0 Å². The summed E-state index contributed by atoms with van der Waals surface area (Å²) in [5.74, 6) is -0.576. The maximum Gasteiger partial charge on any atom is 0.431 e. The van der Waals surface area contributed by atoms with E-state index in [1.807, 2.05) is 0 Å². The first-order valence-corrected chi connectivity index (χ1v) is 7.52. The molecule has 0 unspecified atom stereocenters. The Morgan fingerprint density at radius 2 is 2.08 bits per heavy atom. The highest BCUT2D eigenvalue weighted by Crippen LogP contribution is 2.41. The molecule has 0 spiro atoms. The second-order valence-corrected chi connectivity index (χ2v) is 5.63. The number of nitrogens with zero attached hydrogens (tertiary/aromatic N) is 3. The van der Waals surface area contributed by atoms with Gasteiger partial charge in [-0.3, -0.25) is 9.78 Å². The predicted molar refractivity (Wildman–Crippen MR) is 85.4 cm³/mol. The highest BCUT2D eigenvalue weighted by Gasteiger charge is 2.53. The minimum absolute atomic E-state index is 0.000922. The fourth-order valence-corrected chi connectivity index (χ4v) is 2.63. The highest BCUT2D eigenvalue weighted by molar-refractivity contribution is 5.99. The van der Waals surface area contributed by atoms with Gasteiger partial charge in [0.1, 0.15) is 11.5 Å². The van der Waals surface area contributed by atoms with E-state index in [0.29, 0.717) is 10.8 Å². The van der Waals surface area contributed by atoms with Crippen LogP contribution in [0.4, 0.5) is 13.2 Å². The molecule has 3 rings (SSSR count). The van der Waals surface area contributed by atoms with Crippen LogP contribution < -0.4 is 4.74 Å². The zero-order valence-electron chi connectivity index (χ0n) is 13.6. The lowest BCUT2D eigenvalue weighted by Crippen LogP contribution is -2.43. The summed E-state index contributed by atoms with van der Waals surface area (Å²) >= 11 is 0. The van der Waals surface area contributed by atoms with Gasteiger partial charge >= 0.3 is 6.18 Å². The largest absolute Gasteiger partial charge is 0.497 e. The first-order valence-electron chi connectivity index (χ1n) is 7.52. The third kappa shape index (κ3) is 3.13. The van der Waals surface area contributed by atoms with Crippen LogP contribution in [0.2, 0.25) is 0 Å². The topological polar surface area (TPSA) is 75.0 Å². The minimum Gasteiger partial charge on any atom is -0.497 e. The van der Waals surface area contributed by atoms with Crippen molar-refractivity contribution in [1.82, 2.24) is 9.99 Å². The highest BCUT2D eigenvalue weighted by atomic mass is 19.4. The molecule has 9 heteroatoms. The number of pyridine rings is 1. The predicted octanol–water partition coefficient (Wildman–Crippen LogP) is 2.70. The first-order chi connectivity index (χ1) is 12.3. The fourth-order valence-electron chi connectivity index (χ4n) is 2.63. The molecule has 0 radical (unpaired) electrons. The Bertz CT molecular complexity index is 855. The van der Waals surface area contributed by atoms with E-state index in [2.05, 4.69) is 10.1 Å². The number of methoxy groups -OCH3 is 1. The summed E-state index contributed by atoms with van der Waals surface area (Å²) in [6.45, 7) is 0. The number of hydrogen-bond donors (Lipinski definition) is 1. The van der Waals surface area contributed by atoms with Crippen LogP contribution in [0.1, 0.15) is 22.3 Å². The number of amides is 1. The molecule has 1 amide bonds. The number of aliphatic hydroxyl groups is 1. The Hall–Kier alpha value is -2.94. The van der Waals surface area contributed by atoms with Crippen molar-refractivity contribution >= 4 is 11.6 Å². The average molecular weight is 365 g/mol. The molecule has 136 valence electrons. The Kier molecular flexibility index (Phi) is 4.41. The van der Waals surface area contributed by atoms with Crippen LogP contribution in [0.25, 0.3) is 0 Å². The molecule has 0 fully saturated rings. The van der Waals surface area contributed by atoms with Crippen molar-refractivity contribution in [2.75, 3.05) is 7.11 Å². The van der Waals surface area contributed by atoms with Crippen molar-refractivity contribution in [1.29, 1.82) is 0 Å². The number of carbonyl (C=O) groups is 1. The standard InChI is InChI=1S/C17H14F3N3O3/c1-26-13-6-2-5-12(8-13)16(25)9-14(17(18,19)20)22-23(16)15(24)11-4-3-7-21-10-11/h2-8,10,25H,9H2,1H3/t16-/m0/s1. The monoisotopic (exact) mass is 365 g/mol. The van der Waals surface area contributed by atoms with Gasteiger partial charge in [0.25, 0.3) is 5.91 Å². The molecular formula is C17H14F3N3O3. The van der Waals surface area contributed by atoms with Gasteiger partial charge in [0, 0.05) is 18.0 Å². The normalized spacial score (nSPS) is 20.0. The third-order valence-corrected chi connectivity index (χ3v) is 3.95. The van der Waals surface area contributed by atoms with Gasteiger partial charge in [0.15, 0.2) is 5.72 Å². The van der Waals surface area contributed by atoms with Crippen LogP contribution in [0, 0.1) is 0 Å². The summed E-state index contributed by atoms with van der Waals surface area (Å²) in [4.78, 5) is 16.5. The fraction of sp³-hybridized carbons (Fsp3) is 0.235. The number of carbonyl (C=O) groups excluding carboxylic acids is 1. The molecule has 2 heterocycles. The van der Waals surface area contributed by atoms with Crippen molar-refractivity contribution in [3.63, 3.8) is 0 Å². The molecule has 1 aromatic carbocycles. The quantitative estimate of drug-likeness (QED) is 0.908. The van der Waals surface area contributed by atoms with Gasteiger partial charge in [0.05, 0.1) is 19.1 Å². The molecule has 0 saturated carbocycles. The summed E-state index contributed by atoms with van der Waals surface area (Å²) in [6, 6.07) is 8.68. The first kappa shape index (κ1) is 17.9. The maximum absolute atomic E-state index is 13.2. The van der Waals surface area contributed by atoms with E-state index >= 15 is 0 Å². The number of alkyl halides is 3. The lowest BCUT2D eigenvalue weighted by atomic mass is 9.96. The Balaban J connectivity index is 2.09. The number of hydrazone groups is 1. The van der Waals surface area contributed by atoms with Crippen molar-refractivity contribution in [3.05, 3.63) is 59.9 Å². The van der Waals surface area contributed by atoms with Crippen molar-refractivity contribution in [3.8, 4) is 5.75 Å². The maximum atomic E-state index is 13.2. The minimum atomic E-state index is -4.78. The van der Waals surface area contributed by atoms with Crippen LogP contribution >= 0.6 is 0 Å². The molecule has 1 atom stereocenters. The zero-order valence-corrected chi connectivity index (χ0v) is 13.6. The molecule has 0 saturated heterocycles. The van der Waals surface area contributed by atoms with Gasteiger partial charge in [-0.25, -0.2) is 0 Å². The summed E-state index contributed by atoms with van der Waals surface area (Å²) in [6.07, 6.45) is -3.07. The molecule has 0 bridgehead atoms. The van der Waals surface area contributed by atoms with Crippen LogP contribution in [0.3, 0.4) is 0 Å². The summed E-state index contributed by atoms with van der Waals surface area (Å²) < 4.78 is 44.6. The Morgan fingerprint density at radius 3 is 2.69 bits per heavy atom. The molecule has 0 aliphatic carbocycles. The van der Waals surface area contributed by atoms with Crippen molar-refractivity contribution in [2.45, 2.75) is 18.3 Å². The zero-order chi connectivity index (χ0) is 18.9. The van der Waals surface area contributed by atoms with E-state index in [-0.39, 0.29) is 11.1 Å². The van der Waals surface area contributed by atoms with Crippen molar-refractivity contribution in [2.24, 2.45) is 5.10 Å². The van der Waals surface area contributed by atoms with Gasteiger partial charge in [-0.15, -0.1) is 0 Å². The smallest absolute Gasteiger partial charge is 0.431 e. The number of benzene rings is 1. The molecule has 6 nitrogen and oxygen atoms in total. The average Bonchev–Trinajstić information content (AvgIpc) is 3.01. The van der Waals surface area contributed by atoms with Gasteiger partial charge in [-0.05, 0) is 24.3 Å². The number of halogens is 3. The van der Waals surface area contributed by atoms with E-state index in [1.54, 1.807) is 6.07 Å². The number of aromatic nitrogens is 1. The van der Waals surface area contributed by atoms with E-state index in [4.69, 9.17) is 4.74 Å².